The fourth-order valence-electron chi connectivity index (χ4n) is 2.89. The van der Waals surface area contributed by atoms with Gasteiger partial charge in [-0.3, -0.25) is 9.78 Å². The van der Waals surface area contributed by atoms with Crippen molar-refractivity contribution in [1.82, 2.24) is 9.29 Å². The van der Waals surface area contributed by atoms with Gasteiger partial charge in [-0.1, -0.05) is 23.2 Å². The molecule has 10 heteroatoms. The Morgan fingerprint density at radius 2 is 1.96 bits per heavy atom. The predicted octanol–water partition coefficient (Wildman–Crippen LogP) is 3.57. The largest absolute Gasteiger partial charge is 0.322 e. The predicted molar refractivity (Wildman–Crippen MR) is 101 cm³/mol. The van der Waals surface area contributed by atoms with Crippen LogP contribution >= 0.6 is 23.2 Å². The highest BCUT2D eigenvalue weighted by molar-refractivity contribution is 7.89. The molecule has 1 N–H and O–H groups in total. The molecule has 1 aromatic heterocycles. The minimum Gasteiger partial charge on any atom is -0.322 e. The number of nitrogens with zero attached hydrogens (tertiary/aromatic N) is 2. The topological polar surface area (TPSA) is 79.4 Å². The minimum atomic E-state index is -3.64. The van der Waals surface area contributed by atoms with Crippen LogP contribution in [0.5, 0.6) is 0 Å². The first-order chi connectivity index (χ1) is 12.8. The van der Waals surface area contributed by atoms with Gasteiger partial charge in [0.25, 0.3) is 0 Å². The number of rotatable bonds is 4. The lowest BCUT2D eigenvalue weighted by atomic mass is 9.97. The molecule has 1 aliphatic heterocycles. The zero-order chi connectivity index (χ0) is 19.6. The third-order valence-corrected chi connectivity index (χ3v) is 6.75. The molecule has 3 rings (SSSR count). The Kier molecular flexibility index (Phi) is 6.00. The normalized spacial score (nSPS) is 16.3. The van der Waals surface area contributed by atoms with E-state index in [1.165, 1.54) is 28.8 Å². The average Bonchev–Trinajstić information content (AvgIpc) is 2.65. The van der Waals surface area contributed by atoms with E-state index in [1.54, 1.807) is 6.07 Å². The Balaban J connectivity index is 1.65. The monoisotopic (exact) mass is 431 g/mol. The summed E-state index contributed by atoms with van der Waals surface area (Å²) in [5, 5.41) is 2.61. The summed E-state index contributed by atoms with van der Waals surface area (Å²) in [7, 11) is -3.64. The average molecular weight is 432 g/mol. The highest BCUT2D eigenvalue weighted by Gasteiger charge is 2.32. The van der Waals surface area contributed by atoms with E-state index in [2.05, 4.69) is 10.3 Å². The van der Waals surface area contributed by atoms with Crippen molar-refractivity contribution in [2.75, 3.05) is 18.4 Å². The van der Waals surface area contributed by atoms with Gasteiger partial charge in [0, 0.05) is 36.4 Å². The van der Waals surface area contributed by atoms with E-state index in [0.717, 1.165) is 6.07 Å². The molecule has 0 atom stereocenters. The molecule has 1 fully saturated rings. The maximum atomic E-state index is 14.0. The smallest absolute Gasteiger partial charge is 0.244 e. The van der Waals surface area contributed by atoms with E-state index in [0.29, 0.717) is 12.8 Å². The van der Waals surface area contributed by atoms with Crippen LogP contribution in [-0.4, -0.2) is 36.7 Å². The van der Waals surface area contributed by atoms with Gasteiger partial charge in [0.1, 0.15) is 10.7 Å². The number of hydrogen-bond donors (Lipinski definition) is 1. The number of piperidine rings is 1. The Morgan fingerprint density at radius 1 is 1.26 bits per heavy atom. The molecule has 2 heterocycles. The second kappa shape index (κ2) is 8.10. The number of aromatic nitrogens is 1. The van der Waals surface area contributed by atoms with Crippen molar-refractivity contribution in [3.8, 4) is 0 Å². The van der Waals surface area contributed by atoms with Crippen LogP contribution in [0.2, 0.25) is 10.0 Å². The van der Waals surface area contributed by atoms with Crippen LogP contribution in [0.25, 0.3) is 0 Å². The van der Waals surface area contributed by atoms with Gasteiger partial charge in [-0.2, -0.15) is 4.31 Å². The minimum absolute atomic E-state index is 0.00458. The fourth-order valence-corrected chi connectivity index (χ4v) is 4.84. The van der Waals surface area contributed by atoms with Crippen LogP contribution in [0, 0.1) is 11.7 Å². The molecule has 1 saturated heterocycles. The lowest BCUT2D eigenvalue weighted by Gasteiger charge is -2.30. The first-order valence-corrected chi connectivity index (χ1v) is 10.3. The highest BCUT2D eigenvalue weighted by atomic mass is 35.5. The van der Waals surface area contributed by atoms with Crippen LogP contribution in [0.3, 0.4) is 0 Å². The van der Waals surface area contributed by atoms with Crippen molar-refractivity contribution in [3.63, 3.8) is 0 Å². The summed E-state index contributed by atoms with van der Waals surface area (Å²) in [6.07, 6.45) is 3.42. The summed E-state index contributed by atoms with van der Waals surface area (Å²) in [6.45, 7) is 0.373. The third-order valence-electron chi connectivity index (χ3n) is 4.35. The molecular weight excluding hydrogens is 416 g/mol. The second-order valence-corrected chi connectivity index (χ2v) is 8.88. The summed E-state index contributed by atoms with van der Waals surface area (Å²) in [5.41, 5.74) is -0.128. The summed E-state index contributed by atoms with van der Waals surface area (Å²) >= 11 is 11.6. The van der Waals surface area contributed by atoms with Gasteiger partial charge >= 0.3 is 0 Å². The van der Waals surface area contributed by atoms with Crippen LogP contribution in [-0.2, 0) is 14.8 Å². The first kappa shape index (κ1) is 20.0. The molecule has 0 saturated carbocycles. The molecule has 0 bridgehead atoms. The van der Waals surface area contributed by atoms with Gasteiger partial charge in [-0.25, -0.2) is 12.8 Å². The van der Waals surface area contributed by atoms with Crippen molar-refractivity contribution in [2.45, 2.75) is 17.7 Å². The molecule has 0 radical (unpaired) electrons. The Bertz CT molecular complexity index is 926. The SMILES string of the molecule is O=C(Nc1c(F)cc(Cl)cc1Cl)C1CCN(S(=O)(=O)c2cccnc2)CC1. The van der Waals surface area contributed by atoms with Crippen LogP contribution in [0.1, 0.15) is 12.8 Å². The lowest BCUT2D eigenvalue weighted by Crippen LogP contribution is -2.41. The van der Waals surface area contributed by atoms with Gasteiger partial charge in [0.05, 0.1) is 10.7 Å². The molecule has 144 valence electrons. The molecule has 0 aliphatic carbocycles. The standard InChI is InChI=1S/C17H16Cl2FN3O3S/c18-12-8-14(19)16(15(20)9-12)22-17(24)11-3-6-23(7-4-11)27(25,26)13-2-1-5-21-10-13/h1-2,5,8-11H,3-4,6-7H2,(H,22,24). The third kappa shape index (κ3) is 4.40. The number of benzene rings is 1. The fraction of sp³-hybridized carbons (Fsp3) is 0.294. The number of carbonyl (C=O) groups excluding carboxylic acids is 1. The van der Waals surface area contributed by atoms with Gasteiger partial charge in [-0.15, -0.1) is 0 Å². The number of anilines is 1. The summed E-state index contributed by atoms with van der Waals surface area (Å²) in [6, 6.07) is 5.43. The van der Waals surface area contributed by atoms with E-state index < -0.39 is 27.7 Å². The number of hydrogen-bond acceptors (Lipinski definition) is 4. The summed E-state index contributed by atoms with van der Waals surface area (Å²) in [5.74, 6) is -1.58. The van der Waals surface area contributed by atoms with Gasteiger partial charge in [0.2, 0.25) is 15.9 Å². The van der Waals surface area contributed by atoms with Crippen LogP contribution in [0.15, 0.2) is 41.6 Å². The number of pyridine rings is 1. The zero-order valence-electron chi connectivity index (χ0n) is 14.0. The maximum Gasteiger partial charge on any atom is 0.244 e. The number of carbonyl (C=O) groups is 1. The van der Waals surface area contributed by atoms with Gasteiger partial charge < -0.3 is 5.32 Å². The molecule has 6 nitrogen and oxygen atoms in total. The molecule has 1 amide bonds. The van der Waals surface area contributed by atoms with Crippen molar-refractivity contribution in [2.24, 2.45) is 5.92 Å². The number of halogens is 3. The number of amides is 1. The highest BCUT2D eigenvalue weighted by Crippen LogP contribution is 2.31. The van der Waals surface area contributed by atoms with Crippen molar-refractivity contribution >= 4 is 44.8 Å². The van der Waals surface area contributed by atoms with E-state index in [1.807, 2.05) is 0 Å². The molecule has 0 spiro atoms. The molecular formula is C17H16Cl2FN3O3S. The van der Waals surface area contributed by atoms with Crippen molar-refractivity contribution in [3.05, 3.63) is 52.5 Å². The van der Waals surface area contributed by atoms with Crippen LogP contribution < -0.4 is 5.32 Å². The number of nitrogens with one attached hydrogen (secondary N) is 1. The van der Waals surface area contributed by atoms with Crippen LogP contribution in [0.4, 0.5) is 10.1 Å². The summed E-state index contributed by atoms with van der Waals surface area (Å²) in [4.78, 5) is 16.4. The molecule has 1 aromatic carbocycles. The quantitative estimate of drug-likeness (QED) is 0.802. The van der Waals surface area contributed by atoms with E-state index >= 15 is 0 Å². The van der Waals surface area contributed by atoms with Gasteiger partial charge in [0.15, 0.2) is 0 Å². The number of sulfonamides is 1. The Labute approximate surface area is 166 Å². The van der Waals surface area contributed by atoms with Crippen molar-refractivity contribution in [1.29, 1.82) is 0 Å². The molecule has 1 aliphatic rings. The maximum absolute atomic E-state index is 14.0. The van der Waals surface area contributed by atoms with E-state index in [9.17, 15) is 17.6 Å². The van der Waals surface area contributed by atoms with Gasteiger partial charge in [-0.05, 0) is 37.1 Å². The summed E-state index contributed by atoms with van der Waals surface area (Å²) < 4.78 is 40.5. The molecule has 27 heavy (non-hydrogen) atoms. The molecule has 0 unspecified atom stereocenters. The Hall–Kier alpha value is -1.74. The van der Waals surface area contributed by atoms with Crippen molar-refractivity contribution < 1.29 is 17.6 Å². The Morgan fingerprint density at radius 3 is 2.56 bits per heavy atom. The first-order valence-electron chi connectivity index (χ1n) is 8.14. The van der Waals surface area contributed by atoms with E-state index in [-0.39, 0.29) is 33.7 Å². The lowest BCUT2D eigenvalue weighted by molar-refractivity contribution is -0.120. The second-order valence-electron chi connectivity index (χ2n) is 6.10. The molecule has 2 aromatic rings. The zero-order valence-corrected chi connectivity index (χ0v) is 16.4. The van der Waals surface area contributed by atoms with E-state index in [4.69, 9.17) is 23.2 Å².